The quantitative estimate of drug-likeness (QED) is 0.718. The lowest BCUT2D eigenvalue weighted by Crippen LogP contribution is -2.28. The molecule has 1 heterocycles. The normalized spacial score (nSPS) is 12.5. The van der Waals surface area contributed by atoms with E-state index in [9.17, 15) is 4.79 Å². The van der Waals surface area contributed by atoms with Crippen LogP contribution in [0, 0.1) is 0 Å². The molecule has 0 saturated heterocycles. The average molecular weight is 306 g/mol. The second-order valence-electron chi connectivity index (χ2n) is 5.08. The number of benzene rings is 1. The van der Waals surface area contributed by atoms with Gasteiger partial charge in [0.1, 0.15) is 5.52 Å². The fraction of sp³-hybridized carbons (Fsp3) is 0.500. The van der Waals surface area contributed by atoms with Gasteiger partial charge in [-0.25, -0.2) is 4.98 Å². The van der Waals surface area contributed by atoms with Crippen LogP contribution >= 0.6 is 0 Å². The van der Waals surface area contributed by atoms with E-state index in [1.165, 1.54) is 0 Å². The number of hydrogen-bond donors (Lipinski definition) is 1. The summed E-state index contributed by atoms with van der Waals surface area (Å²) in [6, 6.07) is 7.62. The highest BCUT2D eigenvalue weighted by molar-refractivity contribution is 5.76. The smallest absolute Gasteiger partial charge is 0.222 e. The van der Waals surface area contributed by atoms with Gasteiger partial charge in [0.15, 0.2) is 11.5 Å². The Hall–Kier alpha value is -1.92. The van der Waals surface area contributed by atoms with Crippen molar-refractivity contribution in [1.82, 2.24) is 10.3 Å². The van der Waals surface area contributed by atoms with Crippen molar-refractivity contribution in [3.8, 4) is 0 Å². The molecule has 1 aromatic heterocycles. The number of carbonyl (C=O) groups excluding carboxylic acids is 1. The number of amides is 1. The van der Waals surface area contributed by atoms with Gasteiger partial charge in [-0.15, -0.1) is 0 Å². The fourth-order valence-corrected chi connectivity index (χ4v) is 1.95. The number of fused-ring (bicyclic) bond motifs is 1. The summed E-state index contributed by atoms with van der Waals surface area (Å²) in [4.78, 5) is 16.1. The summed E-state index contributed by atoms with van der Waals surface area (Å²) >= 11 is 0. The van der Waals surface area contributed by atoms with Gasteiger partial charge < -0.3 is 19.2 Å². The highest BCUT2D eigenvalue weighted by Gasteiger charge is 2.14. The molecule has 1 amide bonds. The summed E-state index contributed by atoms with van der Waals surface area (Å²) in [6.45, 7) is 3.90. The summed E-state index contributed by atoms with van der Waals surface area (Å²) < 4.78 is 15.8. The maximum absolute atomic E-state index is 11.7. The number of nitrogens with one attached hydrogen (secondary N) is 1. The van der Waals surface area contributed by atoms with E-state index in [0.29, 0.717) is 38.7 Å². The van der Waals surface area contributed by atoms with Gasteiger partial charge in [-0.1, -0.05) is 19.1 Å². The van der Waals surface area contributed by atoms with Crippen LogP contribution in [0.5, 0.6) is 0 Å². The minimum Gasteiger partial charge on any atom is -0.440 e. The first kappa shape index (κ1) is 16.5. The number of aromatic nitrogens is 1. The summed E-state index contributed by atoms with van der Waals surface area (Å²) in [5.74, 6) is 0.615. The van der Waals surface area contributed by atoms with Crippen LogP contribution in [0.15, 0.2) is 28.7 Å². The molecule has 22 heavy (non-hydrogen) atoms. The zero-order valence-corrected chi connectivity index (χ0v) is 13.0. The van der Waals surface area contributed by atoms with Crippen LogP contribution < -0.4 is 5.32 Å². The predicted octanol–water partition coefficient (Wildman–Crippen LogP) is 2.10. The number of ether oxygens (including phenoxy) is 2. The van der Waals surface area contributed by atoms with Crippen LogP contribution in [-0.2, 0) is 14.3 Å². The molecule has 0 spiro atoms. The summed E-state index contributed by atoms with van der Waals surface area (Å²) in [7, 11) is 1.61. The van der Waals surface area contributed by atoms with Gasteiger partial charge in [-0.2, -0.15) is 0 Å². The Labute approximate surface area is 129 Å². The first-order chi connectivity index (χ1) is 10.7. The van der Waals surface area contributed by atoms with Crippen molar-refractivity contribution in [2.24, 2.45) is 0 Å². The van der Waals surface area contributed by atoms with Gasteiger partial charge >= 0.3 is 0 Å². The molecule has 2 rings (SSSR count). The van der Waals surface area contributed by atoms with Crippen molar-refractivity contribution in [2.75, 3.05) is 33.5 Å². The van der Waals surface area contributed by atoms with Gasteiger partial charge in [0.25, 0.3) is 0 Å². The first-order valence-electron chi connectivity index (χ1n) is 7.39. The van der Waals surface area contributed by atoms with E-state index in [1.807, 2.05) is 31.2 Å². The summed E-state index contributed by atoms with van der Waals surface area (Å²) in [6.07, 6.45) is 0.337. The topological polar surface area (TPSA) is 73.6 Å². The van der Waals surface area contributed by atoms with Gasteiger partial charge in [0.2, 0.25) is 5.91 Å². The molecule has 0 saturated carbocycles. The van der Waals surface area contributed by atoms with Crippen LogP contribution in [0.4, 0.5) is 0 Å². The predicted molar refractivity (Wildman–Crippen MR) is 82.7 cm³/mol. The molecule has 2 aromatic rings. The molecule has 0 aliphatic carbocycles. The number of hydrogen-bond acceptors (Lipinski definition) is 5. The second-order valence-corrected chi connectivity index (χ2v) is 5.08. The molecule has 0 aliphatic rings. The van der Waals surface area contributed by atoms with Crippen molar-refractivity contribution < 1.29 is 18.7 Å². The standard InChI is InChI=1S/C16H22N2O4/c1-12(11-17-15(19)7-8-21-10-9-20-2)16-18-13-5-3-4-6-14(13)22-16/h3-6,12H,7-11H2,1-2H3,(H,17,19)/t12-/m0/s1. The van der Waals surface area contributed by atoms with E-state index >= 15 is 0 Å². The minimum absolute atomic E-state index is 0.0192. The summed E-state index contributed by atoms with van der Waals surface area (Å²) in [5.41, 5.74) is 1.60. The van der Waals surface area contributed by atoms with Crippen molar-refractivity contribution in [2.45, 2.75) is 19.3 Å². The number of oxazole rings is 1. The zero-order valence-electron chi connectivity index (χ0n) is 13.0. The second kappa shape index (κ2) is 8.51. The monoisotopic (exact) mass is 306 g/mol. The van der Waals surface area contributed by atoms with Crippen LogP contribution in [0.1, 0.15) is 25.2 Å². The lowest BCUT2D eigenvalue weighted by molar-refractivity contribution is -0.122. The Morgan fingerprint density at radius 2 is 2.14 bits per heavy atom. The largest absolute Gasteiger partial charge is 0.440 e. The molecule has 0 radical (unpaired) electrons. The van der Waals surface area contributed by atoms with E-state index in [1.54, 1.807) is 7.11 Å². The highest BCUT2D eigenvalue weighted by atomic mass is 16.5. The number of carbonyl (C=O) groups is 1. The third-order valence-corrected chi connectivity index (χ3v) is 3.24. The Morgan fingerprint density at radius 3 is 2.91 bits per heavy atom. The molecule has 1 N–H and O–H groups in total. The van der Waals surface area contributed by atoms with Crippen molar-refractivity contribution >= 4 is 17.0 Å². The van der Waals surface area contributed by atoms with Crippen molar-refractivity contribution in [3.05, 3.63) is 30.2 Å². The minimum atomic E-state index is -0.0413. The summed E-state index contributed by atoms with van der Waals surface area (Å²) in [5, 5.41) is 2.87. The molecule has 0 aliphatic heterocycles. The highest BCUT2D eigenvalue weighted by Crippen LogP contribution is 2.20. The van der Waals surface area contributed by atoms with E-state index in [4.69, 9.17) is 13.9 Å². The first-order valence-corrected chi connectivity index (χ1v) is 7.39. The lowest BCUT2D eigenvalue weighted by Gasteiger charge is -2.09. The molecule has 0 unspecified atom stereocenters. The van der Waals surface area contributed by atoms with Gasteiger partial charge in [0.05, 0.1) is 25.7 Å². The van der Waals surface area contributed by atoms with E-state index in [-0.39, 0.29) is 11.8 Å². The zero-order chi connectivity index (χ0) is 15.8. The number of methoxy groups -OCH3 is 1. The van der Waals surface area contributed by atoms with Crippen molar-refractivity contribution in [3.63, 3.8) is 0 Å². The molecule has 6 nitrogen and oxygen atoms in total. The van der Waals surface area contributed by atoms with Gasteiger partial charge in [-0.05, 0) is 12.1 Å². The van der Waals surface area contributed by atoms with Crippen LogP contribution in [0.25, 0.3) is 11.1 Å². The molecule has 6 heteroatoms. The third-order valence-electron chi connectivity index (χ3n) is 3.24. The van der Waals surface area contributed by atoms with E-state index in [0.717, 1.165) is 11.1 Å². The Kier molecular flexibility index (Phi) is 6.36. The molecular formula is C16H22N2O4. The van der Waals surface area contributed by atoms with Crippen LogP contribution in [-0.4, -0.2) is 44.4 Å². The van der Waals surface area contributed by atoms with E-state index in [2.05, 4.69) is 10.3 Å². The molecule has 120 valence electrons. The Bertz CT molecular complexity index is 564. The number of para-hydroxylation sites is 2. The van der Waals surface area contributed by atoms with Crippen LogP contribution in [0.3, 0.4) is 0 Å². The average Bonchev–Trinajstić information content (AvgIpc) is 2.96. The van der Waals surface area contributed by atoms with Gasteiger partial charge in [-0.3, -0.25) is 4.79 Å². The number of nitrogens with zero attached hydrogens (tertiary/aromatic N) is 1. The molecular weight excluding hydrogens is 284 g/mol. The number of rotatable bonds is 9. The fourth-order valence-electron chi connectivity index (χ4n) is 1.95. The Morgan fingerprint density at radius 1 is 1.32 bits per heavy atom. The molecule has 1 atom stereocenters. The molecule has 1 aromatic carbocycles. The third kappa shape index (κ3) is 4.82. The maximum atomic E-state index is 11.7. The van der Waals surface area contributed by atoms with E-state index < -0.39 is 0 Å². The van der Waals surface area contributed by atoms with Crippen LogP contribution in [0.2, 0.25) is 0 Å². The maximum Gasteiger partial charge on any atom is 0.222 e. The van der Waals surface area contributed by atoms with Crippen molar-refractivity contribution in [1.29, 1.82) is 0 Å². The SMILES string of the molecule is COCCOCCC(=O)NC[C@H](C)c1nc2ccccc2o1. The molecule has 0 bridgehead atoms. The molecule has 0 fully saturated rings. The lowest BCUT2D eigenvalue weighted by atomic mass is 10.2. The van der Waals surface area contributed by atoms with Gasteiger partial charge in [0, 0.05) is 20.1 Å². The Balaban J connectivity index is 1.72.